The second-order valence-corrected chi connectivity index (χ2v) is 24.5. The van der Waals surface area contributed by atoms with Crippen molar-refractivity contribution in [3.8, 4) is 0 Å². The molecule has 0 aliphatic rings. The summed E-state index contributed by atoms with van der Waals surface area (Å²) in [6.07, 6.45) is 88.6. The van der Waals surface area contributed by atoms with Crippen LogP contribution < -0.4 is 0 Å². The summed E-state index contributed by atoms with van der Waals surface area (Å²) in [6.45, 7) is 6.68. The zero-order chi connectivity index (χ0) is 58.5. The van der Waals surface area contributed by atoms with Gasteiger partial charge in [0.1, 0.15) is 13.2 Å². The van der Waals surface area contributed by atoms with Gasteiger partial charge >= 0.3 is 17.9 Å². The molecule has 6 nitrogen and oxygen atoms in total. The molecule has 0 aliphatic carbocycles. The minimum atomic E-state index is -0.771. The van der Waals surface area contributed by atoms with E-state index in [1.54, 1.807) is 0 Å². The predicted octanol–water partition coefficient (Wildman–Crippen LogP) is 24.9. The van der Waals surface area contributed by atoms with E-state index in [2.05, 4.69) is 69.4 Å². The Balaban J connectivity index is 4.18. The van der Waals surface area contributed by atoms with E-state index >= 15 is 0 Å². The van der Waals surface area contributed by atoms with Gasteiger partial charge in [0.25, 0.3) is 0 Å². The maximum Gasteiger partial charge on any atom is 0.306 e. The number of unbranched alkanes of at least 4 members (excludes halogenated alkanes) is 48. The van der Waals surface area contributed by atoms with E-state index in [4.69, 9.17) is 14.2 Å². The third kappa shape index (κ3) is 68.0. The molecule has 0 spiro atoms. The molecule has 0 bridgehead atoms. The minimum absolute atomic E-state index is 0.0680. The molecule has 1 unspecified atom stereocenters. The summed E-state index contributed by atoms with van der Waals surface area (Å²) >= 11 is 0. The number of carbonyl (C=O) groups excluding carboxylic acids is 3. The van der Waals surface area contributed by atoms with Crippen molar-refractivity contribution >= 4 is 17.9 Å². The Hall–Kier alpha value is -2.63. The van der Waals surface area contributed by atoms with Crippen LogP contribution in [0.15, 0.2) is 48.6 Å². The van der Waals surface area contributed by atoms with Crippen LogP contribution in [0, 0.1) is 0 Å². The lowest BCUT2D eigenvalue weighted by molar-refractivity contribution is -0.167. The zero-order valence-electron chi connectivity index (χ0n) is 54.6. The van der Waals surface area contributed by atoms with Gasteiger partial charge in [-0.3, -0.25) is 14.4 Å². The first-order valence-electron chi connectivity index (χ1n) is 36.1. The smallest absolute Gasteiger partial charge is 0.306 e. The van der Waals surface area contributed by atoms with Crippen LogP contribution in [-0.4, -0.2) is 37.2 Å². The van der Waals surface area contributed by atoms with Gasteiger partial charge in [0.15, 0.2) is 6.10 Å². The van der Waals surface area contributed by atoms with Crippen LogP contribution in [0.2, 0.25) is 0 Å². The number of hydrogen-bond acceptors (Lipinski definition) is 6. The molecule has 81 heavy (non-hydrogen) atoms. The van der Waals surface area contributed by atoms with Crippen LogP contribution in [-0.2, 0) is 28.6 Å². The number of carbonyl (C=O) groups is 3. The van der Waals surface area contributed by atoms with E-state index in [1.165, 1.54) is 283 Å². The Morgan fingerprint density at radius 3 is 0.679 bits per heavy atom. The lowest BCUT2D eigenvalue weighted by Gasteiger charge is -2.18. The fraction of sp³-hybridized carbons (Fsp3) is 0.853. The fourth-order valence-electron chi connectivity index (χ4n) is 10.9. The van der Waals surface area contributed by atoms with Crippen molar-refractivity contribution < 1.29 is 28.6 Å². The molecule has 0 aliphatic heterocycles. The first-order chi connectivity index (χ1) is 40.0. The van der Waals surface area contributed by atoms with Crippen molar-refractivity contribution in [1.29, 1.82) is 0 Å². The standard InChI is InChI=1S/C75H138O6/c1-4-7-10-13-16-19-22-24-26-28-30-32-34-36-37-39-40-42-44-46-48-50-53-56-59-62-65-68-74(77)80-71-72(70-79-73(76)67-64-61-58-55-52-21-18-15-12-9-6-3)81-75(78)69-66-63-60-57-54-51-49-47-45-43-41-38-35-33-31-29-27-25-23-20-17-14-11-8-5-2/h22-25,28-31,72H,4-21,26-27,32-71H2,1-3H3/b24-22-,25-23-,30-28-,31-29-. The van der Waals surface area contributed by atoms with Crippen LogP contribution >= 0.6 is 0 Å². The van der Waals surface area contributed by atoms with Crippen molar-refractivity contribution in [2.75, 3.05) is 13.2 Å². The van der Waals surface area contributed by atoms with Crippen LogP contribution in [0.1, 0.15) is 393 Å². The first kappa shape index (κ1) is 78.4. The van der Waals surface area contributed by atoms with Crippen molar-refractivity contribution in [2.45, 2.75) is 399 Å². The molecule has 0 amide bonds. The molecule has 0 aromatic heterocycles. The maximum absolute atomic E-state index is 12.9. The molecular formula is C75H138O6. The van der Waals surface area contributed by atoms with E-state index in [0.29, 0.717) is 19.3 Å². The molecule has 0 aromatic rings. The zero-order valence-corrected chi connectivity index (χ0v) is 54.6. The Morgan fingerprint density at radius 1 is 0.247 bits per heavy atom. The highest BCUT2D eigenvalue weighted by Crippen LogP contribution is 2.18. The topological polar surface area (TPSA) is 78.9 Å². The quantitative estimate of drug-likeness (QED) is 0.0261. The number of hydrogen-bond donors (Lipinski definition) is 0. The van der Waals surface area contributed by atoms with Crippen LogP contribution in [0.5, 0.6) is 0 Å². The molecule has 0 fully saturated rings. The third-order valence-corrected chi connectivity index (χ3v) is 16.3. The average Bonchev–Trinajstić information content (AvgIpc) is 3.47. The van der Waals surface area contributed by atoms with Gasteiger partial charge in [-0.15, -0.1) is 0 Å². The highest BCUT2D eigenvalue weighted by atomic mass is 16.6. The summed E-state index contributed by atoms with van der Waals surface area (Å²) < 4.78 is 17.0. The summed E-state index contributed by atoms with van der Waals surface area (Å²) in [4.78, 5) is 38.4. The lowest BCUT2D eigenvalue weighted by Crippen LogP contribution is -2.30. The molecule has 1 atom stereocenters. The summed E-state index contributed by atoms with van der Waals surface area (Å²) in [5.74, 6) is -0.843. The summed E-state index contributed by atoms with van der Waals surface area (Å²) in [6, 6.07) is 0. The molecule has 0 saturated heterocycles. The van der Waals surface area contributed by atoms with Crippen molar-refractivity contribution in [1.82, 2.24) is 0 Å². The van der Waals surface area contributed by atoms with E-state index in [9.17, 15) is 14.4 Å². The van der Waals surface area contributed by atoms with Crippen molar-refractivity contribution in [3.05, 3.63) is 48.6 Å². The van der Waals surface area contributed by atoms with Gasteiger partial charge in [-0.05, 0) is 83.5 Å². The van der Waals surface area contributed by atoms with Crippen LogP contribution in [0.3, 0.4) is 0 Å². The molecule has 0 heterocycles. The van der Waals surface area contributed by atoms with E-state index < -0.39 is 6.10 Å². The van der Waals surface area contributed by atoms with Gasteiger partial charge in [-0.1, -0.05) is 339 Å². The SMILES string of the molecule is CCCCCCC/C=C\C/C=C\CCCCCCCCCCCCCCCCCC(=O)OCC(COC(=O)CCCCCCCCCCCCC)OC(=O)CCCCCCCCCCCCCCC/C=C\C/C=C\CCCCCCC. The summed E-state index contributed by atoms with van der Waals surface area (Å²) in [5, 5.41) is 0. The normalized spacial score (nSPS) is 12.3. The van der Waals surface area contributed by atoms with Gasteiger partial charge in [-0.2, -0.15) is 0 Å². The molecule has 0 rings (SSSR count). The van der Waals surface area contributed by atoms with E-state index in [0.717, 1.165) is 70.6 Å². The van der Waals surface area contributed by atoms with E-state index in [1.807, 2.05) is 0 Å². The second-order valence-electron chi connectivity index (χ2n) is 24.5. The highest BCUT2D eigenvalue weighted by Gasteiger charge is 2.19. The predicted molar refractivity (Wildman–Crippen MR) is 353 cm³/mol. The number of ether oxygens (including phenoxy) is 3. The molecule has 6 heteroatoms. The van der Waals surface area contributed by atoms with Gasteiger partial charge in [0, 0.05) is 19.3 Å². The Morgan fingerprint density at radius 2 is 0.444 bits per heavy atom. The molecule has 0 radical (unpaired) electrons. The van der Waals surface area contributed by atoms with Gasteiger partial charge in [0.2, 0.25) is 0 Å². The van der Waals surface area contributed by atoms with Crippen molar-refractivity contribution in [3.63, 3.8) is 0 Å². The van der Waals surface area contributed by atoms with E-state index in [-0.39, 0.29) is 31.1 Å². The summed E-state index contributed by atoms with van der Waals surface area (Å²) in [5.41, 5.74) is 0. The molecule has 0 saturated carbocycles. The first-order valence-corrected chi connectivity index (χ1v) is 36.1. The van der Waals surface area contributed by atoms with Gasteiger partial charge < -0.3 is 14.2 Å². The Labute approximate surface area is 505 Å². The number of allylic oxidation sites excluding steroid dienone is 8. The highest BCUT2D eigenvalue weighted by molar-refractivity contribution is 5.71. The Bertz CT molecular complexity index is 1400. The maximum atomic E-state index is 12.9. The minimum Gasteiger partial charge on any atom is -0.462 e. The molecular weight excluding hydrogens is 997 g/mol. The number of rotatable bonds is 67. The molecule has 474 valence electrons. The van der Waals surface area contributed by atoms with Gasteiger partial charge in [0.05, 0.1) is 0 Å². The number of esters is 3. The summed E-state index contributed by atoms with van der Waals surface area (Å²) in [7, 11) is 0. The largest absolute Gasteiger partial charge is 0.462 e. The van der Waals surface area contributed by atoms with Crippen LogP contribution in [0.4, 0.5) is 0 Å². The monoisotopic (exact) mass is 1140 g/mol. The van der Waals surface area contributed by atoms with Crippen LogP contribution in [0.25, 0.3) is 0 Å². The lowest BCUT2D eigenvalue weighted by atomic mass is 10.0. The third-order valence-electron chi connectivity index (χ3n) is 16.3. The average molecular weight is 1140 g/mol. The Kier molecular flexibility index (Phi) is 67.6. The fourth-order valence-corrected chi connectivity index (χ4v) is 10.9. The molecule has 0 N–H and O–H groups in total. The van der Waals surface area contributed by atoms with Crippen molar-refractivity contribution in [2.24, 2.45) is 0 Å². The molecule has 0 aromatic carbocycles. The second kappa shape index (κ2) is 69.9. The van der Waals surface area contributed by atoms with Gasteiger partial charge in [-0.25, -0.2) is 0 Å².